The second-order valence-corrected chi connectivity index (χ2v) is 3.65. The van der Waals surface area contributed by atoms with Crippen molar-refractivity contribution in [1.82, 2.24) is 20.1 Å². The molecule has 1 rings (SSSR count). The first kappa shape index (κ1) is 11.9. The summed E-state index contributed by atoms with van der Waals surface area (Å²) in [6.45, 7) is 6.71. The molecule has 0 bridgehead atoms. The van der Waals surface area contributed by atoms with E-state index in [9.17, 15) is 0 Å². The maximum Gasteiger partial charge on any atom is 0.140 e. The molecule has 0 aliphatic heterocycles. The van der Waals surface area contributed by atoms with E-state index in [0.717, 1.165) is 31.6 Å². The summed E-state index contributed by atoms with van der Waals surface area (Å²) in [5.74, 6) is 0.979. The minimum atomic E-state index is 0.541. The number of aryl methyl sites for hydroxylation is 1. The molecule has 0 aliphatic carbocycles. The Morgan fingerprint density at radius 1 is 1.67 bits per heavy atom. The first-order valence-corrected chi connectivity index (χ1v) is 5.45. The van der Waals surface area contributed by atoms with Crippen molar-refractivity contribution in [2.45, 2.75) is 38.8 Å². The standard InChI is InChI=1S/C11H20N4/c1-4-6-7-10(5-2)12-8-11-13-9-14-15(11)3/h4,9-10,12H,1,5-8H2,2-3H3. The van der Waals surface area contributed by atoms with E-state index >= 15 is 0 Å². The zero-order valence-corrected chi connectivity index (χ0v) is 9.61. The molecular weight excluding hydrogens is 188 g/mol. The highest BCUT2D eigenvalue weighted by Crippen LogP contribution is 2.03. The highest BCUT2D eigenvalue weighted by Gasteiger charge is 2.06. The van der Waals surface area contributed by atoms with Crippen LogP contribution < -0.4 is 5.32 Å². The topological polar surface area (TPSA) is 42.7 Å². The number of hydrogen-bond acceptors (Lipinski definition) is 3. The zero-order chi connectivity index (χ0) is 11.1. The molecule has 4 nitrogen and oxygen atoms in total. The van der Waals surface area contributed by atoms with Crippen LogP contribution in [0.25, 0.3) is 0 Å². The molecule has 0 radical (unpaired) electrons. The number of aromatic nitrogens is 3. The van der Waals surface area contributed by atoms with E-state index in [2.05, 4.69) is 28.9 Å². The Morgan fingerprint density at radius 2 is 2.47 bits per heavy atom. The minimum absolute atomic E-state index is 0.541. The molecule has 0 aromatic carbocycles. The normalized spacial score (nSPS) is 12.7. The second kappa shape index (κ2) is 6.35. The van der Waals surface area contributed by atoms with Gasteiger partial charge >= 0.3 is 0 Å². The largest absolute Gasteiger partial charge is 0.307 e. The molecule has 1 heterocycles. The minimum Gasteiger partial charge on any atom is -0.307 e. The molecule has 84 valence electrons. The van der Waals surface area contributed by atoms with Gasteiger partial charge in [0.15, 0.2) is 0 Å². The number of nitrogens with one attached hydrogen (secondary N) is 1. The average molecular weight is 208 g/mol. The van der Waals surface area contributed by atoms with E-state index in [-0.39, 0.29) is 0 Å². The van der Waals surface area contributed by atoms with Crippen LogP contribution in [0.1, 0.15) is 32.0 Å². The van der Waals surface area contributed by atoms with E-state index < -0.39 is 0 Å². The summed E-state index contributed by atoms with van der Waals surface area (Å²) in [4.78, 5) is 4.17. The molecule has 0 aliphatic rings. The molecule has 15 heavy (non-hydrogen) atoms. The van der Waals surface area contributed by atoms with Gasteiger partial charge in [0.1, 0.15) is 12.2 Å². The Hall–Kier alpha value is -1.16. The van der Waals surface area contributed by atoms with Crippen LogP contribution in [0.5, 0.6) is 0 Å². The fourth-order valence-corrected chi connectivity index (χ4v) is 1.49. The van der Waals surface area contributed by atoms with Crippen molar-refractivity contribution in [3.05, 3.63) is 24.8 Å². The van der Waals surface area contributed by atoms with Crippen LogP contribution in [0.2, 0.25) is 0 Å². The summed E-state index contributed by atoms with van der Waals surface area (Å²) in [6, 6.07) is 0.541. The van der Waals surface area contributed by atoms with Gasteiger partial charge in [0.05, 0.1) is 6.54 Å². The Bertz CT molecular complexity index is 293. The lowest BCUT2D eigenvalue weighted by Gasteiger charge is -2.15. The molecule has 0 saturated heterocycles. The molecule has 0 amide bonds. The van der Waals surface area contributed by atoms with E-state index in [1.807, 2.05) is 13.1 Å². The third-order valence-electron chi connectivity index (χ3n) is 2.57. The monoisotopic (exact) mass is 208 g/mol. The highest BCUT2D eigenvalue weighted by atomic mass is 15.3. The fourth-order valence-electron chi connectivity index (χ4n) is 1.49. The van der Waals surface area contributed by atoms with Gasteiger partial charge in [-0.15, -0.1) is 6.58 Å². The van der Waals surface area contributed by atoms with Crippen LogP contribution in [-0.4, -0.2) is 20.8 Å². The molecule has 4 heteroatoms. The van der Waals surface area contributed by atoms with Gasteiger partial charge in [-0.1, -0.05) is 13.0 Å². The second-order valence-electron chi connectivity index (χ2n) is 3.65. The van der Waals surface area contributed by atoms with Gasteiger partial charge in [0, 0.05) is 13.1 Å². The van der Waals surface area contributed by atoms with Gasteiger partial charge in [-0.3, -0.25) is 4.68 Å². The lowest BCUT2D eigenvalue weighted by atomic mass is 10.1. The Kier molecular flexibility index (Phi) is 5.04. The van der Waals surface area contributed by atoms with E-state index in [1.165, 1.54) is 0 Å². The van der Waals surface area contributed by atoms with Crippen molar-refractivity contribution in [1.29, 1.82) is 0 Å². The molecule has 0 fully saturated rings. The van der Waals surface area contributed by atoms with Crippen molar-refractivity contribution >= 4 is 0 Å². The molecular formula is C11H20N4. The number of rotatable bonds is 7. The van der Waals surface area contributed by atoms with Crippen LogP contribution >= 0.6 is 0 Å². The maximum atomic E-state index is 4.17. The quantitative estimate of drug-likeness (QED) is 0.693. The first-order chi connectivity index (χ1) is 7.27. The summed E-state index contributed by atoms with van der Waals surface area (Å²) in [5, 5.41) is 7.51. The van der Waals surface area contributed by atoms with Gasteiger partial charge in [-0.25, -0.2) is 4.98 Å². The molecule has 1 aromatic rings. The Labute approximate surface area is 91.4 Å². The van der Waals surface area contributed by atoms with E-state index in [1.54, 1.807) is 11.0 Å². The lowest BCUT2D eigenvalue weighted by molar-refractivity contribution is 0.456. The molecule has 0 saturated carbocycles. The van der Waals surface area contributed by atoms with Crippen LogP contribution in [0, 0.1) is 0 Å². The van der Waals surface area contributed by atoms with Gasteiger partial charge in [-0.2, -0.15) is 5.10 Å². The van der Waals surface area contributed by atoms with Gasteiger partial charge in [0.2, 0.25) is 0 Å². The molecule has 1 unspecified atom stereocenters. The molecule has 1 aromatic heterocycles. The molecule has 1 N–H and O–H groups in total. The highest BCUT2D eigenvalue weighted by molar-refractivity contribution is 4.84. The van der Waals surface area contributed by atoms with E-state index in [0.29, 0.717) is 6.04 Å². The van der Waals surface area contributed by atoms with Crippen LogP contribution in [0.3, 0.4) is 0 Å². The van der Waals surface area contributed by atoms with Crippen LogP contribution in [0.4, 0.5) is 0 Å². The zero-order valence-electron chi connectivity index (χ0n) is 9.61. The summed E-state index contributed by atoms with van der Waals surface area (Å²) in [7, 11) is 1.91. The van der Waals surface area contributed by atoms with Crippen molar-refractivity contribution in [2.24, 2.45) is 7.05 Å². The van der Waals surface area contributed by atoms with Crippen molar-refractivity contribution < 1.29 is 0 Å². The Balaban J connectivity index is 2.34. The summed E-state index contributed by atoms with van der Waals surface area (Å²) < 4.78 is 1.80. The van der Waals surface area contributed by atoms with Crippen LogP contribution in [-0.2, 0) is 13.6 Å². The predicted molar refractivity (Wildman–Crippen MR) is 61.4 cm³/mol. The fraction of sp³-hybridized carbons (Fsp3) is 0.636. The number of allylic oxidation sites excluding steroid dienone is 1. The van der Waals surface area contributed by atoms with Gasteiger partial charge < -0.3 is 5.32 Å². The first-order valence-electron chi connectivity index (χ1n) is 5.45. The maximum absolute atomic E-state index is 4.17. The molecule has 1 atom stereocenters. The predicted octanol–water partition coefficient (Wildman–Crippen LogP) is 1.65. The van der Waals surface area contributed by atoms with Crippen molar-refractivity contribution in [3.8, 4) is 0 Å². The average Bonchev–Trinajstić information content (AvgIpc) is 2.65. The number of nitrogens with zero attached hydrogens (tertiary/aromatic N) is 3. The van der Waals surface area contributed by atoms with Crippen molar-refractivity contribution in [3.63, 3.8) is 0 Å². The molecule has 0 spiro atoms. The van der Waals surface area contributed by atoms with Gasteiger partial charge in [-0.05, 0) is 19.3 Å². The summed E-state index contributed by atoms with van der Waals surface area (Å²) in [6.07, 6.45) is 6.88. The van der Waals surface area contributed by atoms with Crippen LogP contribution in [0.15, 0.2) is 19.0 Å². The smallest absolute Gasteiger partial charge is 0.140 e. The van der Waals surface area contributed by atoms with E-state index in [4.69, 9.17) is 0 Å². The summed E-state index contributed by atoms with van der Waals surface area (Å²) in [5.41, 5.74) is 0. The third kappa shape index (κ3) is 3.83. The van der Waals surface area contributed by atoms with Gasteiger partial charge in [0.25, 0.3) is 0 Å². The van der Waals surface area contributed by atoms with Crippen molar-refractivity contribution in [2.75, 3.05) is 0 Å². The third-order valence-corrected chi connectivity index (χ3v) is 2.57. The Morgan fingerprint density at radius 3 is 3.00 bits per heavy atom. The lowest BCUT2D eigenvalue weighted by Crippen LogP contribution is -2.28. The SMILES string of the molecule is C=CCCC(CC)NCc1ncnn1C. The number of hydrogen-bond donors (Lipinski definition) is 1. The summed E-state index contributed by atoms with van der Waals surface area (Å²) >= 11 is 0.